The molecule has 11 aromatic rings. The molecule has 0 amide bonds. The van der Waals surface area contributed by atoms with Crippen molar-refractivity contribution in [2.45, 2.75) is 5.41 Å². The summed E-state index contributed by atoms with van der Waals surface area (Å²) >= 11 is 0. The van der Waals surface area contributed by atoms with Gasteiger partial charge < -0.3 is 9.32 Å². The molecule has 0 radical (unpaired) electrons. The molecule has 0 fully saturated rings. The van der Waals surface area contributed by atoms with Gasteiger partial charge in [-0.3, -0.25) is 0 Å². The summed E-state index contributed by atoms with van der Waals surface area (Å²) in [4.78, 5) is 2.41. The molecule has 2 nitrogen and oxygen atoms in total. The fraction of sp³-hybridized carbons (Fsp3) is 0.0169. The van der Waals surface area contributed by atoms with E-state index in [1.165, 1.54) is 44.2 Å². The third kappa shape index (κ3) is 5.50. The van der Waals surface area contributed by atoms with E-state index < -0.39 is 5.41 Å². The van der Waals surface area contributed by atoms with Gasteiger partial charge in [0.25, 0.3) is 0 Å². The zero-order valence-corrected chi connectivity index (χ0v) is 33.4. The van der Waals surface area contributed by atoms with Gasteiger partial charge in [-0.25, -0.2) is 0 Å². The average molecular weight is 778 g/mol. The highest BCUT2D eigenvalue weighted by atomic mass is 16.3. The maximum absolute atomic E-state index is 6.47. The fourth-order valence-electron chi connectivity index (χ4n) is 10.0. The van der Waals surface area contributed by atoms with Gasteiger partial charge in [-0.1, -0.05) is 194 Å². The number of hydrogen-bond donors (Lipinski definition) is 0. The molecule has 0 bridgehead atoms. The molecule has 1 aromatic heterocycles. The summed E-state index contributed by atoms with van der Waals surface area (Å²) in [6, 6.07) is 86.1. The molecule has 0 atom stereocenters. The quantitative estimate of drug-likeness (QED) is 0.160. The van der Waals surface area contributed by atoms with Crippen LogP contribution in [0.25, 0.3) is 66.1 Å². The average Bonchev–Trinajstić information content (AvgIpc) is 3.86. The summed E-state index contributed by atoms with van der Waals surface area (Å²) in [6.45, 7) is 0. The minimum atomic E-state index is -0.490. The van der Waals surface area contributed by atoms with Crippen molar-refractivity contribution in [1.82, 2.24) is 0 Å². The molecule has 2 heteroatoms. The maximum atomic E-state index is 6.47. The predicted molar refractivity (Wildman–Crippen MR) is 254 cm³/mol. The molecule has 10 aromatic carbocycles. The van der Waals surface area contributed by atoms with E-state index in [1.807, 2.05) is 12.1 Å². The lowest BCUT2D eigenvalue weighted by Crippen LogP contribution is -2.28. The normalized spacial score (nSPS) is 12.7. The third-order valence-electron chi connectivity index (χ3n) is 12.7. The molecule has 12 rings (SSSR count). The van der Waals surface area contributed by atoms with Gasteiger partial charge in [0.05, 0.1) is 11.1 Å². The van der Waals surface area contributed by atoms with E-state index in [2.05, 4.69) is 229 Å². The zero-order valence-electron chi connectivity index (χ0n) is 33.4. The molecule has 61 heavy (non-hydrogen) atoms. The van der Waals surface area contributed by atoms with Crippen molar-refractivity contribution < 1.29 is 4.42 Å². The fourth-order valence-corrected chi connectivity index (χ4v) is 10.0. The van der Waals surface area contributed by atoms with Crippen molar-refractivity contribution in [1.29, 1.82) is 0 Å². The Morgan fingerprint density at radius 1 is 0.344 bits per heavy atom. The van der Waals surface area contributed by atoms with Crippen LogP contribution in [0.15, 0.2) is 241 Å². The summed E-state index contributed by atoms with van der Waals surface area (Å²) in [5.74, 6) is 0. The van der Waals surface area contributed by atoms with Crippen LogP contribution in [0.4, 0.5) is 17.1 Å². The number of anilines is 3. The zero-order chi connectivity index (χ0) is 40.3. The first-order valence-electron chi connectivity index (χ1n) is 21.0. The van der Waals surface area contributed by atoms with Crippen molar-refractivity contribution in [3.05, 3.63) is 259 Å². The van der Waals surface area contributed by atoms with Crippen LogP contribution in [0.2, 0.25) is 0 Å². The number of nitrogens with zero attached hydrogens (tertiary/aromatic N) is 1. The molecule has 0 saturated carbocycles. The van der Waals surface area contributed by atoms with Gasteiger partial charge in [0.15, 0.2) is 0 Å². The van der Waals surface area contributed by atoms with Gasteiger partial charge in [-0.15, -0.1) is 0 Å². The lowest BCUT2D eigenvalue weighted by molar-refractivity contribution is 0.670. The Morgan fingerprint density at radius 3 is 1.74 bits per heavy atom. The van der Waals surface area contributed by atoms with Gasteiger partial charge in [-0.2, -0.15) is 0 Å². The summed E-state index contributed by atoms with van der Waals surface area (Å²) in [6.07, 6.45) is 0. The van der Waals surface area contributed by atoms with Crippen molar-refractivity contribution >= 4 is 49.8 Å². The van der Waals surface area contributed by atoms with E-state index in [1.54, 1.807) is 0 Å². The first kappa shape index (κ1) is 35.0. The van der Waals surface area contributed by atoms with Gasteiger partial charge >= 0.3 is 0 Å². The van der Waals surface area contributed by atoms with E-state index >= 15 is 0 Å². The van der Waals surface area contributed by atoms with Crippen LogP contribution in [0.1, 0.15) is 22.3 Å². The van der Waals surface area contributed by atoms with Crippen LogP contribution in [0, 0.1) is 0 Å². The van der Waals surface area contributed by atoms with Crippen molar-refractivity contribution in [2.24, 2.45) is 0 Å². The molecule has 0 aliphatic heterocycles. The Balaban J connectivity index is 1.05. The molecule has 286 valence electrons. The second-order valence-corrected chi connectivity index (χ2v) is 16.0. The standard InChI is InChI=1S/C59H39NO/c1-3-18-44(19-4-1)59(45-20-5-2-6-21-45)54-27-12-9-23-50(54)51-37-33-43(39-55(51)59)48-22-10-13-28-56(48)60(47-36-30-40-16-7-8-17-42(40)38-47)46-34-31-41(32-35-46)49-25-15-26-53-52-24-11-14-29-57(52)61-58(49)53/h1-39H. The van der Waals surface area contributed by atoms with Crippen molar-refractivity contribution in [3.8, 4) is 33.4 Å². The summed E-state index contributed by atoms with van der Waals surface area (Å²) in [5, 5.41) is 4.67. The largest absolute Gasteiger partial charge is 0.455 e. The number of benzene rings is 10. The van der Waals surface area contributed by atoms with Gasteiger partial charge in [0.2, 0.25) is 0 Å². The van der Waals surface area contributed by atoms with E-state index in [4.69, 9.17) is 4.42 Å². The molecule has 1 aliphatic rings. The highest BCUT2D eigenvalue weighted by molar-refractivity contribution is 6.09. The third-order valence-corrected chi connectivity index (χ3v) is 12.7. The van der Waals surface area contributed by atoms with Crippen LogP contribution in [0.3, 0.4) is 0 Å². The number of hydrogen-bond acceptors (Lipinski definition) is 2. The van der Waals surface area contributed by atoms with Crippen LogP contribution in [-0.2, 0) is 5.41 Å². The highest BCUT2D eigenvalue weighted by Crippen LogP contribution is 2.57. The van der Waals surface area contributed by atoms with E-state index in [0.717, 1.165) is 61.3 Å². The maximum Gasteiger partial charge on any atom is 0.143 e. The SMILES string of the molecule is c1ccc(C2(c3ccccc3)c3ccccc3-c3ccc(-c4ccccc4N(c4ccc(-c5cccc6c5oc5ccccc56)cc4)c4ccc5ccccc5c4)cc32)cc1. The first-order chi connectivity index (χ1) is 30.3. The topological polar surface area (TPSA) is 16.4 Å². The van der Waals surface area contributed by atoms with Crippen LogP contribution in [0.5, 0.6) is 0 Å². The Kier molecular flexibility index (Phi) is 8.11. The van der Waals surface area contributed by atoms with E-state index in [9.17, 15) is 0 Å². The minimum absolute atomic E-state index is 0.490. The Labute approximate surface area is 355 Å². The molecule has 0 N–H and O–H groups in total. The Morgan fingerprint density at radius 2 is 0.934 bits per heavy atom. The smallest absolute Gasteiger partial charge is 0.143 e. The van der Waals surface area contributed by atoms with Crippen molar-refractivity contribution in [2.75, 3.05) is 4.90 Å². The van der Waals surface area contributed by atoms with Crippen LogP contribution in [-0.4, -0.2) is 0 Å². The number of fused-ring (bicyclic) bond motifs is 7. The minimum Gasteiger partial charge on any atom is -0.455 e. The van der Waals surface area contributed by atoms with Crippen LogP contribution >= 0.6 is 0 Å². The summed E-state index contributed by atoms with van der Waals surface area (Å²) in [7, 11) is 0. The molecule has 0 unspecified atom stereocenters. The Bertz CT molecular complexity index is 3380. The number of furan rings is 1. The molecule has 0 spiro atoms. The van der Waals surface area contributed by atoms with Crippen molar-refractivity contribution in [3.63, 3.8) is 0 Å². The second kappa shape index (κ2) is 14.1. The predicted octanol–water partition coefficient (Wildman–Crippen LogP) is 15.9. The molecular weight excluding hydrogens is 739 g/mol. The van der Waals surface area contributed by atoms with Crippen LogP contribution < -0.4 is 4.90 Å². The van der Waals surface area contributed by atoms with Gasteiger partial charge in [0, 0.05) is 33.3 Å². The second-order valence-electron chi connectivity index (χ2n) is 16.0. The summed E-state index contributed by atoms with van der Waals surface area (Å²) in [5.41, 5.74) is 16.8. The van der Waals surface area contributed by atoms with E-state index in [-0.39, 0.29) is 0 Å². The lowest BCUT2D eigenvalue weighted by Gasteiger charge is -2.34. The summed E-state index contributed by atoms with van der Waals surface area (Å²) < 4.78 is 6.47. The number of rotatable bonds is 7. The van der Waals surface area contributed by atoms with Gasteiger partial charge in [-0.05, 0) is 97.7 Å². The highest BCUT2D eigenvalue weighted by Gasteiger charge is 2.46. The molecule has 1 aliphatic carbocycles. The molecule has 0 saturated heterocycles. The molecule has 1 heterocycles. The monoisotopic (exact) mass is 777 g/mol. The molecular formula is C59H39NO. The van der Waals surface area contributed by atoms with E-state index in [0.29, 0.717) is 0 Å². The Hall–Kier alpha value is -7.94. The lowest BCUT2D eigenvalue weighted by atomic mass is 9.67. The van der Waals surface area contributed by atoms with Gasteiger partial charge in [0.1, 0.15) is 11.2 Å². The first-order valence-corrected chi connectivity index (χ1v) is 21.0. The number of para-hydroxylation sites is 3.